The van der Waals surface area contributed by atoms with E-state index in [1.165, 1.54) is 0 Å². The van der Waals surface area contributed by atoms with Crippen molar-refractivity contribution in [2.75, 3.05) is 13.2 Å². The van der Waals surface area contributed by atoms with Crippen LogP contribution in [-0.4, -0.2) is 19.2 Å². The van der Waals surface area contributed by atoms with Gasteiger partial charge in [0.1, 0.15) is 19.0 Å². The molecule has 0 heterocycles. The quantitative estimate of drug-likeness (QED) is 0.0684. The van der Waals surface area contributed by atoms with Gasteiger partial charge >= 0.3 is 5.97 Å². The van der Waals surface area contributed by atoms with Crippen LogP contribution in [0, 0.1) is 11.8 Å². The Balaban J connectivity index is 5.42. The van der Waals surface area contributed by atoms with Crippen molar-refractivity contribution in [2.24, 2.45) is 11.8 Å². The predicted octanol–water partition coefficient (Wildman–Crippen LogP) is 7.44. The number of ether oxygens (including phenoxy) is 2. The zero-order valence-corrected chi connectivity index (χ0v) is 20.1. The lowest BCUT2D eigenvalue weighted by Gasteiger charge is -2.16. The van der Waals surface area contributed by atoms with E-state index in [-0.39, 0.29) is 19.1 Å². The lowest BCUT2D eigenvalue weighted by molar-refractivity contribution is -0.140. The van der Waals surface area contributed by atoms with Crippen LogP contribution in [-0.2, 0) is 14.3 Å². The third-order valence-corrected chi connectivity index (χ3v) is 4.86. The molecule has 0 bridgehead atoms. The Morgan fingerprint density at radius 1 is 0.935 bits per heavy atom. The van der Waals surface area contributed by atoms with Crippen LogP contribution in [0.5, 0.6) is 0 Å². The second kappa shape index (κ2) is 15.1. The third kappa shape index (κ3) is 11.8. The Bertz CT molecular complexity index is 774. The summed E-state index contributed by atoms with van der Waals surface area (Å²) in [6.45, 7) is 30.4. The lowest BCUT2D eigenvalue weighted by atomic mass is 9.96. The summed E-state index contributed by atoms with van der Waals surface area (Å²) in [6, 6.07) is 0. The highest BCUT2D eigenvalue weighted by Gasteiger charge is 2.11. The van der Waals surface area contributed by atoms with E-state index < -0.39 is 5.97 Å². The van der Waals surface area contributed by atoms with Gasteiger partial charge in [-0.1, -0.05) is 96.9 Å². The Morgan fingerprint density at radius 3 is 2.10 bits per heavy atom. The Kier molecular flexibility index (Phi) is 13.7. The van der Waals surface area contributed by atoms with Crippen LogP contribution in [0.4, 0.5) is 0 Å². The molecule has 0 spiro atoms. The number of carbonyl (C=O) groups excluding carboxylic acids is 1. The summed E-state index contributed by atoms with van der Waals surface area (Å²) in [5.74, 6) is 0.776. The highest BCUT2D eigenvalue weighted by Crippen LogP contribution is 2.24. The van der Waals surface area contributed by atoms with Crippen LogP contribution in [0.25, 0.3) is 0 Å². The van der Waals surface area contributed by atoms with Crippen molar-refractivity contribution in [3.05, 3.63) is 96.9 Å². The third-order valence-electron chi connectivity index (χ3n) is 4.86. The molecule has 2 atom stereocenters. The standard InChI is InChI=1S/C28H40O3/c1-11-21(5)13-15-23(7)25(9)19-27(30-17-18-31-28(29)20(3)4)26(10)24(8)16-14-22(6)12-2/h13-16,19,21,23H,3,6,8-12,17-18H2,1-2,4-5,7H3/b15-13-,16-14-,27-19+. The molecule has 0 amide bonds. The molecule has 0 radical (unpaired) electrons. The molecule has 0 saturated heterocycles. The van der Waals surface area contributed by atoms with E-state index in [1.54, 1.807) is 6.92 Å². The number of carbonyl (C=O) groups is 1. The van der Waals surface area contributed by atoms with Crippen molar-refractivity contribution < 1.29 is 14.3 Å². The Labute approximate surface area is 189 Å². The topological polar surface area (TPSA) is 35.5 Å². The van der Waals surface area contributed by atoms with Gasteiger partial charge in [-0.2, -0.15) is 0 Å². The van der Waals surface area contributed by atoms with Crippen molar-refractivity contribution in [2.45, 2.75) is 47.5 Å². The van der Waals surface area contributed by atoms with Crippen molar-refractivity contribution in [1.82, 2.24) is 0 Å². The Hall–Kier alpha value is -2.81. The molecule has 0 aromatic carbocycles. The zero-order chi connectivity index (χ0) is 24.0. The van der Waals surface area contributed by atoms with Gasteiger partial charge in [0.2, 0.25) is 0 Å². The summed E-state index contributed by atoms with van der Waals surface area (Å²) >= 11 is 0. The van der Waals surface area contributed by atoms with Crippen LogP contribution in [0.2, 0.25) is 0 Å². The van der Waals surface area contributed by atoms with E-state index in [2.05, 4.69) is 65.8 Å². The minimum absolute atomic E-state index is 0.112. The fraction of sp³-hybridized carbons (Fsp3) is 0.393. The first-order valence-corrected chi connectivity index (χ1v) is 10.8. The summed E-state index contributed by atoms with van der Waals surface area (Å²) in [7, 11) is 0. The molecule has 0 saturated carbocycles. The van der Waals surface area contributed by atoms with Crippen LogP contribution < -0.4 is 0 Å². The van der Waals surface area contributed by atoms with Crippen molar-refractivity contribution in [3.8, 4) is 0 Å². The molecular weight excluding hydrogens is 384 g/mol. The molecule has 0 rings (SSSR count). The first-order valence-electron chi connectivity index (χ1n) is 10.8. The molecule has 0 aliphatic rings. The maximum absolute atomic E-state index is 11.6. The van der Waals surface area contributed by atoms with E-state index >= 15 is 0 Å². The second-order valence-electron chi connectivity index (χ2n) is 7.76. The SMILES string of the molecule is C=C(/C=C\C(=C)C(=C)/C(=C\C(=C)C(C)/C=C\C(C)CC)OCCOC(=O)C(=C)C)CC. The molecule has 170 valence electrons. The fourth-order valence-corrected chi connectivity index (χ4v) is 2.14. The van der Waals surface area contributed by atoms with Crippen LogP contribution in [0.15, 0.2) is 96.9 Å². The zero-order valence-electron chi connectivity index (χ0n) is 20.1. The predicted molar refractivity (Wildman–Crippen MR) is 134 cm³/mol. The van der Waals surface area contributed by atoms with Gasteiger partial charge in [-0.25, -0.2) is 4.79 Å². The van der Waals surface area contributed by atoms with Crippen LogP contribution in [0.3, 0.4) is 0 Å². The van der Waals surface area contributed by atoms with E-state index in [4.69, 9.17) is 9.47 Å². The van der Waals surface area contributed by atoms with Gasteiger partial charge in [-0.3, -0.25) is 0 Å². The minimum atomic E-state index is -0.438. The number of allylic oxidation sites excluding steroid dienone is 8. The molecule has 0 fully saturated rings. The lowest BCUT2D eigenvalue weighted by Crippen LogP contribution is -2.11. The van der Waals surface area contributed by atoms with Crippen LogP contribution in [0.1, 0.15) is 47.5 Å². The minimum Gasteiger partial charge on any atom is -0.489 e. The van der Waals surface area contributed by atoms with E-state index in [0.717, 1.165) is 29.6 Å². The van der Waals surface area contributed by atoms with E-state index in [1.807, 2.05) is 25.2 Å². The average molecular weight is 425 g/mol. The molecule has 0 aromatic heterocycles. The molecule has 31 heavy (non-hydrogen) atoms. The molecule has 0 aliphatic heterocycles. The molecule has 0 aromatic rings. The maximum Gasteiger partial charge on any atom is 0.333 e. The summed E-state index contributed by atoms with van der Waals surface area (Å²) < 4.78 is 11.0. The van der Waals surface area contributed by atoms with Gasteiger partial charge in [0.25, 0.3) is 0 Å². The number of hydrogen-bond acceptors (Lipinski definition) is 3. The largest absolute Gasteiger partial charge is 0.489 e. The summed E-state index contributed by atoms with van der Waals surface area (Å²) in [5, 5.41) is 0. The van der Waals surface area contributed by atoms with Crippen LogP contribution >= 0.6 is 0 Å². The van der Waals surface area contributed by atoms with Gasteiger partial charge in [-0.15, -0.1) is 0 Å². The van der Waals surface area contributed by atoms with Crippen molar-refractivity contribution in [1.29, 1.82) is 0 Å². The van der Waals surface area contributed by atoms with Gasteiger partial charge in [-0.05, 0) is 42.4 Å². The van der Waals surface area contributed by atoms with Crippen molar-refractivity contribution in [3.63, 3.8) is 0 Å². The van der Waals surface area contributed by atoms with Gasteiger partial charge in [0.15, 0.2) is 0 Å². The molecule has 0 N–H and O–H groups in total. The maximum atomic E-state index is 11.6. The number of esters is 1. The second-order valence-corrected chi connectivity index (χ2v) is 7.76. The first-order chi connectivity index (χ1) is 14.5. The smallest absolute Gasteiger partial charge is 0.333 e. The number of hydrogen-bond donors (Lipinski definition) is 0. The van der Waals surface area contributed by atoms with Gasteiger partial charge in [0.05, 0.1) is 0 Å². The molecule has 3 nitrogen and oxygen atoms in total. The first kappa shape index (κ1) is 28.2. The van der Waals surface area contributed by atoms with E-state index in [9.17, 15) is 4.79 Å². The normalized spacial score (nSPS) is 13.6. The molecule has 3 heteroatoms. The van der Waals surface area contributed by atoms with Gasteiger partial charge in [0, 0.05) is 11.1 Å². The summed E-state index contributed by atoms with van der Waals surface area (Å²) in [5.41, 5.74) is 3.61. The van der Waals surface area contributed by atoms with Gasteiger partial charge < -0.3 is 9.47 Å². The Morgan fingerprint density at radius 2 is 1.55 bits per heavy atom. The fourth-order valence-electron chi connectivity index (χ4n) is 2.14. The highest BCUT2D eigenvalue weighted by atomic mass is 16.6. The number of rotatable bonds is 15. The average Bonchev–Trinajstić information content (AvgIpc) is 2.75. The highest BCUT2D eigenvalue weighted by molar-refractivity contribution is 5.86. The summed E-state index contributed by atoms with van der Waals surface area (Å²) in [4.78, 5) is 11.6. The summed E-state index contributed by atoms with van der Waals surface area (Å²) in [6.07, 6.45) is 12.0. The molecule has 2 unspecified atom stereocenters. The molecular formula is C28H40O3. The van der Waals surface area contributed by atoms with Crippen molar-refractivity contribution >= 4 is 5.97 Å². The molecule has 0 aliphatic carbocycles. The van der Waals surface area contributed by atoms with E-state index in [0.29, 0.717) is 22.8 Å². The monoisotopic (exact) mass is 424 g/mol.